The maximum absolute atomic E-state index is 11.9. The minimum Gasteiger partial charge on any atom is -0.481 e. The molecule has 1 aromatic rings. The second-order valence-electron chi connectivity index (χ2n) is 4.35. The number of urea groups is 1. The van der Waals surface area contributed by atoms with Gasteiger partial charge in [-0.3, -0.25) is 14.9 Å². The van der Waals surface area contributed by atoms with Crippen LogP contribution >= 0.6 is 15.9 Å². The van der Waals surface area contributed by atoms with E-state index in [1.807, 2.05) is 0 Å². The summed E-state index contributed by atoms with van der Waals surface area (Å²) in [6, 6.07) is 2.36. The Kier molecular flexibility index (Phi) is 5.65. The number of nitrogens with zero attached hydrogens (tertiary/aromatic N) is 2. The largest absolute Gasteiger partial charge is 0.481 e. The molecule has 0 aliphatic heterocycles. The Labute approximate surface area is 129 Å². The predicted octanol–water partition coefficient (Wildman–Crippen LogP) is 2.60. The van der Waals surface area contributed by atoms with Crippen molar-refractivity contribution in [1.82, 2.24) is 4.90 Å². The van der Waals surface area contributed by atoms with Gasteiger partial charge in [0.1, 0.15) is 0 Å². The number of hydrogen-bond donors (Lipinski definition) is 2. The van der Waals surface area contributed by atoms with E-state index < -0.39 is 16.9 Å². The number of rotatable bonds is 5. The first-order valence-corrected chi connectivity index (χ1v) is 6.70. The molecule has 2 N–H and O–H groups in total. The monoisotopic (exact) mass is 359 g/mol. The van der Waals surface area contributed by atoms with Gasteiger partial charge < -0.3 is 15.3 Å². The van der Waals surface area contributed by atoms with Gasteiger partial charge in [0.15, 0.2) is 0 Å². The number of nitro benzene ring substituents is 1. The van der Waals surface area contributed by atoms with E-state index in [4.69, 9.17) is 5.11 Å². The number of amides is 2. The lowest BCUT2D eigenvalue weighted by atomic mass is 10.1. The van der Waals surface area contributed by atoms with Gasteiger partial charge in [0.2, 0.25) is 0 Å². The van der Waals surface area contributed by atoms with Crippen LogP contribution in [0.5, 0.6) is 0 Å². The molecule has 0 aliphatic rings. The zero-order valence-electron chi connectivity index (χ0n) is 11.4. The summed E-state index contributed by atoms with van der Waals surface area (Å²) in [5, 5.41) is 22.0. The highest BCUT2D eigenvalue weighted by molar-refractivity contribution is 9.10. The van der Waals surface area contributed by atoms with Gasteiger partial charge in [0.05, 0.1) is 22.6 Å². The number of carboxylic acids is 1. The molecule has 0 spiro atoms. The van der Waals surface area contributed by atoms with Crippen LogP contribution in [0.25, 0.3) is 0 Å². The Hall–Kier alpha value is -2.16. The van der Waals surface area contributed by atoms with E-state index in [-0.39, 0.29) is 18.7 Å². The zero-order valence-corrected chi connectivity index (χ0v) is 13.0. The summed E-state index contributed by atoms with van der Waals surface area (Å²) in [4.78, 5) is 33.9. The number of carbonyl (C=O) groups is 2. The number of aliphatic carboxylic acids is 1. The second kappa shape index (κ2) is 7.02. The van der Waals surface area contributed by atoms with E-state index in [1.165, 1.54) is 24.9 Å². The summed E-state index contributed by atoms with van der Waals surface area (Å²) in [6.45, 7) is 1.56. The first-order chi connectivity index (χ1) is 9.72. The van der Waals surface area contributed by atoms with Crippen molar-refractivity contribution in [3.8, 4) is 0 Å². The SMILES string of the molecule is Cc1c(NC(=O)N(C)CCC(=O)O)cc(Br)cc1[N+](=O)[O-]. The molecule has 0 aromatic heterocycles. The number of carbonyl (C=O) groups excluding carboxylic acids is 1. The van der Waals surface area contributed by atoms with Crippen LogP contribution in [-0.2, 0) is 4.79 Å². The van der Waals surface area contributed by atoms with Gasteiger partial charge in [-0.05, 0) is 13.0 Å². The van der Waals surface area contributed by atoms with Crippen molar-refractivity contribution in [3.63, 3.8) is 0 Å². The van der Waals surface area contributed by atoms with E-state index in [0.717, 1.165) is 0 Å². The summed E-state index contributed by atoms with van der Waals surface area (Å²) in [6.07, 6.45) is -0.179. The number of nitrogens with one attached hydrogen (secondary N) is 1. The van der Waals surface area contributed by atoms with E-state index in [1.54, 1.807) is 6.07 Å². The lowest BCUT2D eigenvalue weighted by molar-refractivity contribution is -0.385. The Bertz CT molecular complexity index is 591. The Morgan fingerprint density at radius 3 is 2.62 bits per heavy atom. The molecule has 0 saturated heterocycles. The third kappa shape index (κ3) is 4.71. The van der Waals surface area contributed by atoms with Crippen LogP contribution in [0.15, 0.2) is 16.6 Å². The maximum Gasteiger partial charge on any atom is 0.321 e. The molecule has 21 heavy (non-hydrogen) atoms. The average molecular weight is 360 g/mol. The van der Waals surface area contributed by atoms with Crippen molar-refractivity contribution < 1.29 is 19.6 Å². The van der Waals surface area contributed by atoms with Gasteiger partial charge in [-0.25, -0.2) is 4.79 Å². The molecule has 0 fully saturated rings. The third-order valence-electron chi connectivity index (χ3n) is 2.79. The Balaban J connectivity index is 2.90. The van der Waals surface area contributed by atoms with E-state index in [2.05, 4.69) is 21.2 Å². The van der Waals surface area contributed by atoms with Gasteiger partial charge >= 0.3 is 12.0 Å². The number of halogens is 1. The Morgan fingerprint density at radius 1 is 1.48 bits per heavy atom. The fourth-order valence-electron chi connectivity index (χ4n) is 1.56. The standard InChI is InChI=1S/C12H14BrN3O5/c1-7-9(5-8(13)6-10(7)16(20)21)14-12(19)15(2)4-3-11(17)18/h5-6H,3-4H2,1-2H3,(H,14,19)(H,17,18). The van der Waals surface area contributed by atoms with Gasteiger partial charge in [-0.15, -0.1) is 0 Å². The lowest BCUT2D eigenvalue weighted by Crippen LogP contribution is -2.33. The molecule has 2 amide bonds. The minimum absolute atomic E-state index is 0.0380. The number of benzene rings is 1. The number of carboxylic acid groups (broad SMARTS) is 1. The summed E-state index contributed by atoms with van der Waals surface area (Å²) in [7, 11) is 1.44. The molecule has 8 nitrogen and oxygen atoms in total. The molecule has 0 atom stereocenters. The zero-order chi connectivity index (χ0) is 16.2. The second-order valence-corrected chi connectivity index (χ2v) is 5.27. The molecular weight excluding hydrogens is 346 g/mol. The van der Waals surface area contributed by atoms with E-state index in [0.29, 0.717) is 15.7 Å². The highest BCUT2D eigenvalue weighted by Crippen LogP contribution is 2.30. The van der Waals surface area contributed by atoms with Crippen LogP contribution in [0.3, 0.4) is 0 Å². The minimum atomic E-state index is -1.01. The molecule has 1 aromatic carbocycles. The topological polar surface area (TPSA) is 113 Å². The van der Waals surface area contributed by atoms with Gasteiger partial charge in [-0.1, -0.05) is 15.9 Å². The number of hydrogen-bond acceptors (Lipinski definition) is 4. The summed E-state index contributed by atoms with van der Waals surface area (Å²) in [5.41, 5.74) is 0.499. The van der Waals surface area contributed by atoms with Crippen LogP contribution in [-0.4, -0.2) is 40.5 Å². The van der Waals surface area contributed by atoms with Gasteiger partial charge in [0.25, 0.3) is 5.69 Å². The number of nitro groups is 1. The molecule has 0 radical (unpaired) electrons. The third-order valence-corrected chi connectivity index (χ3v) is 3.25. The van der Waals surface area contributed by atoms with Gasteiger partial charge in [0, 0.05) is 24.1 Å². The normalized spacial score (nSPS) is 10.0. The molecule has 0 saturated carbocycles. The molecule has 0 aliphatic carbocycles. The summed E-state index contributed by atoms with van der Waals surface area (Å²) >= 11 is 3.15. The molecule has 1 rings (SSSR count). The molecule has 9 heteroatoms. The van der Waals surface area contributed by atoms with Crippen molar-refractivity contribution in [1.29, 1.82) is 0 Å². The van der Waals surface area contributed by atoms with Crippen LogP contribution in [0, 0.1) is 17.0 Å². The predicted molar refractivity (Wildman–Crippen MR) is 79.4 cm³/mol. The van der Waals surface area contributed by atoms with Crippen molar-refractivity contribution >= 4 is 39.3 Å². The molecule has 0 heterocycles. The lowest BCUT2D eigenvalue weighted by Gasteiger charge is -2.18. The fraction of sp³-hybridized carbons (Fsp3) is 0.333. The van der Waals surface area contributed by atoms with Crippen molar-refractivity contribution in [2.45, 2.75) is 13.3 Å². The molecule has 114 valence electrons. The summed E-state index contributed by atoms with van der Waals surface area (Å²) in [5.74, 6) is -1.01. The van der Waals surface area contributed by atoms with Crippen molar-refractivity contribution in [3.05, 3.63) is 32.3 Å². The smallest absolute Gasteiger partial charge is 0.321 e. The Morgan fingerprint density at radius 2 is 2.10 bits per heavy atom. The highest BCUT2D eigenvalue weighted by Gasteiger charge is 2.18. The highest BCUT2D eigenvalue weighted by atomic mass is 79.9. The van der Waals surface area contributed by atoms with Crippen molar-refractivity contribution in [2.75, 3.05) is 18.9 Å². The van der Waals surface area contributed by atoms with Crippen LogP contribution in [0.2, 0.25) is 0 Å². The summed E-state index contributed by atoms with van der Waals surface area (Å²) < 4.78 is 0.461. The first kappa shape index (κ1) is 16.9. The fourth-order valence-corrected chi connectivity index (χ4v) is 2.01. The van der Waals surface area contributed by atoms with Crippen LogP contribution in [0.4, 0.5) is 16.2 Å². The van der Waals surface area contributed by atoms with E-state index in [9.17, 15) is 19.7 Å². The molecule has 0 bridgehead atoms. The molecule has 0 unspecified atom stereocenters. The molecular formula is C12H14BrN3O5. The maximum atomic E-state index is 11.9. The first-order valence-electron chi connectivity index (χ1n) is 5.90. The van der Waals surface area contributed by atoms with Gasteiger partial charge in [-0.2, -0.15) is 0 Å². The van der Waals surface area contributed by atoms with Crippen LogP contribution < -0.4 is 5.32 Å². The quantitative estimate of drug-likeness (QED) is 0.619. The number of anilines is 1. The average Bonchev–Trinajstić information content (AvgIpc) is 2.39. The van der Waals surface area contributed by atoms with Crippen LogP contribution in [0.1, 0.15) is 12.0 Å². The van der Waals surface area contributed by atoms with Crippen molar-refractivity contribution in [2.24, 2.45) is 0 Å². The van der Waals surface area contributed by atoms with E-state index >= 15 is 0 Å².